The maximum atomic E-state index is 10.8. The van der Waals surface area contributed by atoms with Crippen molar-refractivity contribution in [3.05, 3.63) is 12.7 Å². The molecule has 0 aromatic carbocycles. The fourth-order valence-electron chi connectivity index (χ4n) is 1.28. The van der Waals surface area contributed by atoms with Crippen molar-refractivity contribution < 1.29 is 19.0 Å². The lowest BCUT2D eigenvalue weighted by atomic mass is 10.1. The van der Waals surface area contributed by atoms with Crippen LogP contribution in [0.15, 0.2) is 12.7 Å². The lowest BCUT2D eigenvalue weighted by Gasteiger charge is -2.27. The van der Waals surface area contributed by atoms with Crippen LogP contribution < -0.4 is 0 Å². The number of carbonyl (C=O) groups is 1. The molecule has 15 heavy (non-hydrogen) atoms. The summed E-state index contributed by atoms with van der Waals surface area (Å²) < 4.78 is 16.1. The third-order valence-electron chi connectivity index (χ3n) is 2.58. The Balaban J connectivity index is 2.37. The van der Waals surface area contributed by atoms with Gasteiger partial charge in [0.2, 0.25) is 0 Å². The fourth-order valence-corrected chi connectivity index (χ4v) is 1.28. The molecule has 0 spiro atoms. The minimum Gasteiger partial charge on any atom is -0.460 e. The summed E-state index contributed by atoms with van der Waals surface area (Å²) >= 11 is 0. The van der Waals surface area contributed by atoms with Gasteiger partial charge in [-0.2, -0.15) is 0 Å². The van der Waals surface area contributed by atoms with Gasteiger partial charge in [-0.3, -0.25) is 0 Å². The van der Waals surface area contributed by atoms with Crippen molar-refractivity contribution >= 4 is 5.97 Å². The molecule has 1 heterocycles. The number of rotatable bonds is 4. The zero-order valence-electron chi connectivity index (χ0n) is 9.49. The molecule has 0 aromatic rings. The Morgan fingerprint density at radius 3 is 2.87 bits per heavy atom. The second-order valence-electron chi connectivity index (χ2n) is 4.06. The largest absolute Gasteiger partial charge is 0.460 e. The van der Waals surface area contributed by atoms with Crippen LogP contribution in [0, 0.1) is 5.92 Å². The molecule has 1 aliphatic heterocycles. The van der Waals surface area contributed by atoms with Gasteiger partial charge in [-0.15, -0.1) is 0 Å². The SMILES string of the molecule is C=CC(=O)OCC1COC(C)(C(C)C)O1. The predicted octanol–water partition coefficient (Wildman–Crippen LogP) is 1.50. The Morgan fingerprint density at radius 2 is 2.40 bits per heavy atom. The average molecular weight is 214 g/mol. The lowest BCUT2D eigenvalue weighted by Crippen LogP contribution is -2.33. The molecule has 86 valence electrons. The highest BCUT2D eigenvalue weighted by Gasteiger charge is 2.40. The molecule has 0 saturated carbocycles. The van der Waals surface area contributed by atoms with Gasteiger partial charge < -0.3 is 14.2 Å². The number of hydrogen-bond acceptors (Lipinski definition) is 4. The Morgan fingerprint density at radius 1 is 1.73 bits per heavy atom. The van der Waals surface area contributed by atoms with Gasteiger partial charge in [0.15, 0.2) is 5.79 Å². The minimum atomic E-state index is -0.564. The number of esters is 1. The molecule has 2 unspecified atom stereocenters. The Kier molecular flexibility index (Phi) is 3.88. The summed E-state index contributed by atoms with van der Waals surface area (Å²) in [6, 6.07) is 0. The number of carbonyl (C=O) groups excluding carboxylic acids is 1. The van der Waals surface area contributed by atoms with Crippen LogP contribution in [0.25, 0.3) is 0 Å². The molecule has 4 heteroatoms. The van der Waals surface area contributed by atoms with Crippen molar-refractivity contribution in [3.63, 3.8) is 0 Å². The van der Waals surface area contributed by atoms with Gasteiger partial charge in [0, 0.05) is 12.0 Å². The molecular formula is C11H18O4. The van der Waals surface area contributed by atoms with E-state index in [1.54, 1.807) is 0 Å². The monoisotopic (exact) mass is 214 g/mol. The first-order valence-corrected chi connectivity index (χ1v) is 5.09. The lowest BCUT2D eigenvalue weighted by molar-refractivity contribution is -0.188. The topological polar surface area (TPSA) is 44.8 Å². The normalized spacial score (nSPS) is 30.5. The van der Waals surface area contributed by atoms with Crippen molar-refractivity contribution in [2.45, 2.75) is 32.7 Å². The van der Waals surface area contributed by atoms with E-state index in [0.29, 0.717) is 6.61 Å². The zero-order chi connectivity index (χ0) is 11.5. The van der Waals surface area contributed by atoms with Crippen molar-refractivity contribution in [2.24, 2.45) is 5.92 Å². The summed E-state index contributed by atoms with van der Waals surface area (Å²) in [6.07, 6.45) is 0.957. The quantitative estimate of drug-likeness (QED) is 0.525. The summed E-state index contributed by atoms with van der Waals surface area (Å²) in [5, 5.41) is 0. The van der Waals surface area contributed by atoms with Crippen LogP contribution in [0.2, 0.25) is 0 Å². The summed E-state index contributed by atoms with van der Waals surface area (Å²) in [4.78, 5) is 10.8. The molecule has 1 rings (SSSR count). The first-order valence-electron chi connectivity index (χ1n) is 5.09. The molecule has 1 saturated heterocycles. The molecule has 1 fully saturated rings. The Hall–Kier alpha value is -0.870. The van der Waals surface area contributed by atoms with Gasteiger partial charge in [-0.05, 0) is 6.92 Å². The van der Waals surface area contributed by atoms with E-state index in [0.717, 1.165) is 6.08 Å². The van der Waals surface area contributed by atoms with Crippen molar-refractivity contribution in [2.75, 3.05) is 13.2 Å². The molecule has 0 aliphatic carbocycles. The van der Waals surface area contributed by atoms with Crippen LogP contribution in [0.5, 0.6) is 0 Å². The maximum absolute atomic E-state index is 10.8. The maximum Gasteiger partial charge on any atom is 0.330 e. The first kappa shape index (κ1) is 12.2. The highest BCUT2D eigenvalue weighted by Crippen LogP contribution is 2.30. The van der Waals surface area contributed by atoms with Crippen LogP contribution >= 0.6 is 0 Å². The van der Waals surface area contributed by atoms with Crippen LogP contribution in [-0.4, -0.2) is 31.1 Å². The van der Waals surface area contributed by atoms with Gasteiger partial charge >= 0.3 is 5.97 Å². The predicted molar refractivity (Wildman–Crippen MR) is 55.2 cm³/mol. The van der Waals surface area contributed by atoms with Crippen LogP contribution in [0.1, 0.15) is 20.8 Å². The van der Waals surface area contributed by atoms with Crippen LogP contribution in [0.3, 0.4) is 0 Å². The highest BCUT2D eigenvalue weighted by molar-refractivity contribution is 5.81. The average Bonchev–Trinajstić information content (AvgIpc) is 2.58. The second-order valence-corrected chi connectivity index (χ2v) is 4.06. The van der Waals surface area contributed by atoms with Crippen molar-refractivity contribution in [3.8, 4) is 0 Å². The Labute approximate surface area is 90.2 Å². The summed E-state index contributed by atoms with van der Waals surface area (Å²) in [5.74, 6) is -0.736. The van der Waals surface area contributed by atoms with E-state index in [4.69, 9.17) is 14.2 Å². The van der Waals surface area contributed by atoms with Gasteiger partial charge in [-0.25, -0.2) is 4.79 Å². The molecule has 0 bridgehead atoms. The van der Waals surface area contributed by atoms with E-state index in [1.807, 2.05) is 20.8 Å². The zero-order valence-corrected chi connectivity index (χ0v) is 9.49. The molecular weight excluding hydrogens is 196 g/mol. The number of ether oxygens (including phenoxy) is 3. The molecule has 0 aromatic heterocycles. The standard InChI is InChI=1S/C11H18O4/c1-5-10(12)13-6-9-7-14-11(4,15-9)8(2)3/h5,8-9H,1,6-7H2,2-4H3. The molecule has 2 atom stereocenters. The molecule has 0 radical (unpaired) electrons. The van der Waals surface area contributed by atoms with E-state index in [9.17, 15) is 4.79 Å². The smallest absolute Gasteiger partial charge is 0.330 e. The van der Waals surface area contributed by atoms with Gasteiger partial charge in [0.1, 0.15) is 12.7 Å². The van der Waals surface area contributed by atoms with E-state index in [-0.39, 0.29) is 18.6 Å². The molecule has 4 nitrogen and oxygen atoms in total. The second kappa shape index (κ2) is 4.77. The molecule has 0 amide bonds. The van der Waals surface area contributed by atoms with Crippen LogP contribution in [0.4, 0.5) is 0 Å². The van der Waals surface area contributed by atoms with Gasteiger partial charge in [0.25, 0.3) is 0 Å². The van der Waals surface area contributed by atoms with E-state index in [2.05, 4.69) is 6.58 Å². The number of hydrogen-bond donors (Lipinski definition) is 0. The first-order chi connectivity index (χ1) is 6.98. The van der Waals surface area contributed by atoms with Crippen LogP contribution in [-0.2, 0) is 19.0 Å². The summed E-state index contributed by atoms with van der Waals surface area (Å²) in [7, 11) is 0. The molecule has 1 aliphatic rings. The van der Waals surface area contributed by atoms with E-state index < -0.39 is 11.8 Å². The fraction of sp³-hybridized carbons (Fsp3) is 0.727. The van der Waals surface area contributed by atoms with Crippen molar-refractivity contribution in [1.82, 2.24) is 0 Å². The third-order valence-corrected chi connectivity index (χ3v) is 2.58. The van der Waals surface area contributed by atoms with E-state index in [1.165, 1.54) is 0 Å². The minimum absolute atomic E-state index is 0.179. The Bertz CT molecular complexity index is 249. The van der Waals surface area contributed by atoms with Gasteiger partial charge in [-0.1, -0.05) is 20.4 Å². The van der Waals surface area contributed by atoms with Gasteiger partial charge in [0.05, 0.1) is 6.61 Å². The summed E-state index contributed by atoms with van der Waals surface area (Å²) in [5.41, 5.74) is 0. The molecule has 0 N–H and O–H groups in total. The third kappa shape index (κ3) is 3.04. The summed E-state index contributed by atoms with van der Waals surface area (Å²) in [6.45, 7) is 9.94. The van der Waals surface area contributed by atoms with E-state index >= 15 is 0 Å². The highest BCUT2D eigenvalue weighted by atomic mass is 16.8. The van der Waals surface area contributed by atoms with Crippen molar-refractivity contribution in [1.29, 1.82) is 0 Å².